The highest BCUT2D eigenvalue weighted by atomic mass is 16.5. The second kappa shape index (κ2) is 11.6. The molecule has 1 aromatic heterocycles. The molecule has 0 radical (unpaired) electrons. The normalized spacial score (nSPS) is 16.7. The van der Waals surface area contributed by atoms with E-state index < -0.39 is 17.7 Å². The van der Waals surface area contributed by atoms with E-state index in [0.717, 1.165) is 6.42 Å². The quantitative estimate of drug-likeness (QED) is 0.178. The van der Waals surface area contributed by atoms with Gasteiger partial charge in [-0.1, -0.05) is 19.1 Å². The molecule has 4 rings (SSSR count). The van der Waals surface area contributed by atoms with Crippen LogP contribution in [0.4, 0.5) is 0 Å². The van der Waals surface area contributed by atoms with E-state index in [2.05, 4.69) is 4.98 Å². The Morgan fingerprint density at radius 1 is 1.11 bits per heavy atom. The third-order valence-electron chi connectivity index (χ3n) is 6.29. The molecule has 3 aromatic rings. The maximum absolute atomic E-state index is 13.4. The van der Waals surface area contributed by atoms with Crippen LogP contribution in [-0.4, -0.2) is 54.1 Å². The average molecular weight is 507 g/mol. The standard InChI is InChI=1S/C28H31N3O6/c1-4-17-37-20-11-9-19(10-12-20)25(32)23-24(21-7-5-8-22(35-2)27(21)36-3)31(28(34)26(23)33)15-6-14-30-16-13-29-18-30/h5,7-13,16,18,24H,4,6,14-15,17H2,1-3H3,(H,32,33)/p+1. The summed E-state index contributed by atoms with van der Waals surface area (Å²) < 4.78 is 18.7. The fourth-order valence-corrected chi connectivity index (χ4v) is 4.53. The lowest BCUT2D eigenvalue weighted by Gasteiger charge is -2.27. The van der Waals surface area contributed by atoms with Crippen LogP contribution in [0.25, 0.3) is 5.76 Å². The maximum atomic E-state index is 13.4. The van der Waals surface area contributed by atoms with Crippen molar-refractivity contribution in [3.05, 3.63) is 77.9 Å². The third-order valence-corrected chi connectivity index (χ3v) is 6.29. The number of ketones is 1. The second-order valence-electron chi connectivity index (χ2n) is 8.65. The second-order valence-corrected chi connectivity index (χ2v) is 8.65. The van der Waals surface area contributed by atoms with Gasteiger partial charge in [-0.2, -0.15) is 0 Å². The Balaban J connectivity index is 1.77. The van der Waals surface area contributed by atoms with Crippen molar-refractivity contribution in [1.29, 1.82) is 0 Å². The van der Waals surface area contributed by atoms with Crippen molar-refractivity contribution in [3.63, 3.8) is 0 Å². The van der Waals surface area contributed by atoms with Gasteiger partial charge in [0.25, 0.3) is 11.7 Å². The molecule has 194 valence electrons. The number of ether oxygens (including phenoxy) is 3. The zero-order valence-electron chi connectivity index (χ0n) is 21.3. The number of carbonyl (C=O) groups is 2. The zero-order valence-corrected chi connectivity index (χ0v) is 21.3. The summed E-state index contributed by atoms with van der Waals surface area (Å²) in [4.78, 5) is 31.1. The fourth-order valence-electron chi connectivity index (χ4n) is 4.53. The van der Waals surface area contributed by atoms with Gasteiger partial charge in [0.15, 0.2) is 11.5 Å². The number of Topliss-reactive ketones (excluding diaryl/α,β-unsaturated/α-hetero) is 1. The smallest absolute Gasteiger partial charge is 0.295 e. The summed E-state index contributed by atoms with van der Waals surface area (Å²) in [6.07, 6.45) is 7.00. The van der Waals surface area contributed by atoms with Crippen molar-refractivity contribution in [2.75, 3.05) is 27.4 Å². The molecule has 9 heteroatoms. The molecule has 1 amide bonds. The van der Waals surface area contributed by atoms with E-state index in [1.54, 1.807) is 42.5 Å². The van der Waals surface area contributed by atoms with Gasteiger partial charge in [-0.25, -0.2) is 4.57 Å². The van der Waals surface area contributed by atoms with E-state index in [1.807, 2.05) is 30.2 Å². The van der Waals surface area contributed by atoms with Crippen molar-refractivity contribution >= 4 is 17.4 Å². The lowest BCUT2D eigenvalue weighted by atomic mass is 9.94. The van der Waals surface area contributed by atoms with Crippen molar-refractivity contribution in [1.82, 2.24) is 9.88 Å². The predicted octanol–water partition coefficient (Wildman–Crippen LogP) is 3.62. The molecule has 0 saturated carbocycles. The summed E-state index contributed by atoms with van der Waals surface area (Å²) >= 11 is 0. The molecule has 0 aliphatic carbocycles. The monoisotopic (exact) mass is 506 g/mol. The number of methoxy groups -OCH3 is 2. The first-order valence-corrected chi connectivity index (χ1v) is 12.2. The van der Waals surface area contributed by atoms with Crippen LogP contribution < -0.4 is 18.8 Å². The number of likely N-dealkylation sites (tertiary alicyclic amines) is 1. The number of nitrogens with one attached hydrogen (secondary N) is 1. The summed E-state index contributed by atoms with van der Waals surface area (Å²) in [5, 5.41) is 11.3. The Hall–Kier alpha value is -4.27. The molecular weight excluding hydrogens is 474 g/mol. The number of aromatic nitrogens is 2. The number of para-hydroxylation sites is 1. The van der Waals surface area contributed by atoms with Gasteiger partial charge in [-0.05, 0) is 36.8 Å². The summed E-state index contributed by atoms with van der Waals surface area (Å²) in [7, 11) is 3.03. The lowest BCUT2D eigenvalue weighted by Crippen LogP contribution is -2.36. The fraction of sp³-hybridized carbons (Fsp3) is 0.321. The first-order chi connectivity index (χ1) is 18.0. The van der Waals surface area contributed by atoms with Crippen molar-refractivity contribution in [3.8, 4) is 17.2 Å². The van der Waals surface area contributed by atoms with E-state index in [1.165, 1.54) is 19.1 Å². The highest BCUT2D eigenvalue weighted by Gasteiger charge is 2.47. The van der Waals surface area contributed by atoms with Crippen LogP contribution in [0.2, 0.25) is 0 Å². The number of imidazole rings is 1. The highest BCUT2D eigenvalue weighted by Crippen LogP contribution is 2.45. The van der Waals surface area contributed by atoms with E-state index in [4.69, 9.17) is 14.2 Å². The van der Waals surface area contributed by atoms with Crippen LogP contribution in [0.1, 0.15) is 36.9 Å². The number of benzene rings is 2. The maximum Gasteiger partial charge on any atom is 0.295 e. The number of hydrogen-bond donors (Lipinski definition) is 2. The number of aryl methyl sites for hydroxylation is 1. The van der Waals surface area contributed by atoms with Gasteiger partial charge in [-0.3, -0.25) is 14.6 Å². The summed E-state index contributed by atoms with van der Waals surface area (Å²) in [6, 6.07) is 11.3. The molecule has 0 bridgehead atoms. The number of amides is 1. The molecule has 2 aromatic carbocycles. The number of carbonyl (C=O) groups excluding carboxylic acids is 2. The van der Waals surface area contributed by atoms with E-state index in [0.29, 0.717) is 54.5 Å². The van der Waals surface area contributed by atoms with Crippen LogP contribution in [0, 0.1) is 0 Å². The van der Waals surface area contributed by atoms with Gasteiger partial charge in [0, 0.05) is 24.1 Å². The molecule has 1 atom stereocenters. The number of aliphatic hydroxyl groups excluding tert-OH is 1. The number of hydrogen-bond acceptors (Lipinski definition) is 6. The van der Waals surface area contributed by atoms with Gasteiger partial charge < -0.3 is 24.2 Å². The Morgan fingerprint density at radius 3 is 2.54 bits per heavy atom. The molecule has 1 aliphatic rings. The highest BCUT2D eigenvalue weighted by molar-refractivity contribution is 6.46. The Kier molecular flexibility index (Phi) is 8.12. The molecule has 2 heterocycles. The van der Waals surface area contributed by atoms with Crippen LogP contribution in [-0.2, 0) is 16.1 Å². The predicted molar refractivity (Wildman–Crippen MR) is 136 cm³/mol. The first kappa shape index (κ1) is 25.8. The average Bonchev–Trinajstić information content (AvgIpc) is 3.53. The van der Waals surface area contributed by atoms with Crippen molar-refractivity contribution in [2.45, 2.75) is 32.4 Å². The topological polar surface area (TPSA) is 105 Å². The molecule has 1 aliphatic heterocycles. The van der Waals surface area contributed by atoms with Gasteiger partial charge in [0.1, 0.15) is 23.9 Å². The molecule has 0 spiro atoms. The Morgan fingerprint density at radius 2 is 1.89 bits per heavy atom. The largest absolute Gasteiger partial charge is 0.507 e. The van der Waals surface area contributed by atoms with Gasteiger partial charge in [-0.15, -0.1) is 0 Å². The molecule has 2 N–H and O–H groups in total. The van der Waals surface area contributed by atoms with Crippen LogP contribution in [0.3, 0.4) is 0 Å². The van der Waals surface area contributed by atoms with Gasteiger partial charge >= 0.3 is 0 Å². The first-order valence-electron chi connectivity index (χ1n) is 12.2. The molecule has 1 unspecified atom stereocenters. The molecule has 37 heavy (non-hydrogen) atoms. The zero-order chi connectivity index (χ0) is 26.4. The number of rotatable bonds is 11. The van der Waals surface area contributed by atoms with Crippen molar-refractivity contribution < 1.29 is 33.5 Å². The van der Waals surface area contributed by atoms with E-state index >= 15 is 0 Å². The number of aliphatic hydroxyl groups is 1. The van der Waals surface area contributed by atoms with E-state index in [9.17, 15) is 14.7 Å². The molecule has 9 nitrogen and oxygen atoms in total. The van der Waals surface area contributed by atoms with Crippen LogP contribution >= 0.6 is 0 Å². The molecule has 1 saturated heterocycles. The number of H-pyrrole nitrogens is 1. The van der Waals surface area contributed by atoms with Gasteiger partial charge in [0.2, 0.25) is 6.33 Å². The summed E-state index contributed by atoms with van der Waals surface area (Å²) in [5.41, 5.74) is 0.976. The summed E-state index contributed by atoms with van der Waals surface area (Å²) in [6.45, 7) is 3.54. The minimum Gasteiger partial charge on any atom is -0.507 e. The number of aromatic amines is 1. The van der Waals surface area contributed by atoms with E-state index in [-0.39, 0.29) is 11.3 Å². The van der Waals surface area contributed by atoms with Crippen LogP contribution in [0.5, 0.6) is 17.2 Å². The number of nitrogens with zero attached hydrogens (tertiary/aromatic N) is 2. The summed E-state index contributed by atoms with van der Waals surface area (Å²) in [5.74, 6) is -0.140. The minimum atomic E-state index is -0.850. The van der Waals surface area contributed by atoms with Crippen LogP contribution in [0.15, 0.2) is 66.8 Å². The Bertz CT molecular complexity index is 1270. The molecular formula is C28H32N3O6+. The lowest BCUT2D eigenvalue weighted by molar-refractivity contribution is -0.695. The minimum absolute atomic E-state index is 0.00748. The van der Waals surface area contributed by atoms with Gasteiger partial charge in [0.05, 0.1) is 39.0 Å². The SMILES string of the molecule is CCCOc1ccc(C(O)=C2C(=O)C(=O)N(CCC[n+]3cc[nH]c3)C2c2cccc(OC)c2OC)cc1. The third kappa shape index (κ3) is 5.30. The Labute approximate surface area is 215 Å². The van der Waals surface area contributed by atoms with Crippen molar-refractivity contribution in [2.24, 2.45) is 0 Å². The molecule has 1 fully saturated rings.